The third-order valence-electron chi connectivity index (χ3n) is 5.84. The number of hydrogen-bond acceptors (Lipinski definition) is 5. The molecule has 6 nitrogen and oxygen atoms in total. The van der Waals surface area contributed by atoms with Crippen LogP contribution in [-0.4, -0.2) is 50.3 Å². The van der Waals surface area contributed by atoms with Crippen LogP contribution in [0.25, 0.3) is 0 Å². The van der Waals surface area contributed by atoms with E-state index in [1.165, 1.54) is 5.69 Å². The van der Waals surface area contributed by atoms with E-state index in [9.17, 15) is 4.79 Å². The summed E-state index contributed by atoms with van der Waals surface area (Å²) in [5.74, 6) is 1.67. The van der Waals surface area contributed by atoms with Gasteiger partial charge in [-0.1, -0.05) is 45.0 Å². The standard InChI is InChI=1S/C25H33N3O3/c1-25(2,3)16-24(29)26-17-21(19-9-10-22-23(15-19)31-18-30-22)28-13-11-27(12-14-28)20-7-5-4-6-8-20/h4-10,15,21H,11-14,16-18H2,1-3H3,(H,26,29)/t21-/m0/s1. The van der Waals surface area contributed by atoms with Crippen molar-refractivity contribution in [3.63, 3.8) is 0 Å². The van der Waals surface area contributed by atoms with Crippen molar-refractivity contribution in [3.05, 3.63) is 54.1 Å². The molecule has 0 aromatic heterocycles. The van der Waals surface area contributed by atoms with Crippen molar-refractivity contribution in [2.75, 3.05) is 44.4 Å². The number of amides is 1. The number of nitrogens with one attached hydrogen (secondary N) is 1. The molecule has 2 heterocycles. The molecule has 1 fully saturated rings. The van der Waals surface area contributed by atoms with E-state index in [0.717, 1.165) is 43.2 Å². The maximum absolute atomic E-state index is 12.5. The molecule has 1 atom stereocenters. The molecule has 0 spiro atoms. The zero-order valence-corrected chi connectivity index (χ0v) is 18.8. The summed E-state index contributed by atoms with van der Waals surface area (Å²) in [6.45, 7) is 10.9. The minimum Gasteiger partial charge on any atom is -0.454 e. The molecule has 2 aliphatic heterocycles. The third kappa shape index (κ3) is 5.50. The Morgan fingerprint density at radius 1 is 1.00 bits per heavy atom. The molecule has 0 unspecified atom stereocenters. The van der Waals surface area contributed by atoms with Crippen LogP contribution in [0.15, 0.2) is 48.5 Å². The second kappa shape index (κ2) is 9.18. The molecule has 6 heteroatoms. The molecule has 2 aromatic rings. The number of ether oxygens (including phenoxy) is 2. The van der Waals surface area contributed by atoms with E-state index >= 15 is 0 Å². The first-order valence-corrected chi connectivity index (χ1v) is 11.1. The van der Waals surface area contributed by atoms with Crippen LogP contribution in [0.2, 0.25) is 0 Å². The van der Waals surface area contributed by atoms with Crippen LogP contribution in [0.3, 0.4) is 0 Å². The Hall–Kier alpha value is -2.73. The normalized spacial score (nSPS) is 17.5. The lowest BCUT2D eigenvalue weighted by atomic mass is 9.92. The van der Waals surface area contributed by atoms with Crippen molar-refractivity contribution < 1.29 is 14.3 Å². The van der Waals surface area contributed by atoms with Crippen LogP contribution in [-0.2, 0) is 4.79 Å². The van der Waals surface area contributed by atoms with E-state index in [-0.39, 0.29) is 24.2 Å². The molecule has 0 bridgehead atoms. The first kappa shape index (κ1) is 21.5. The fourth-order valence-electron chi connectivity index (χ4n) is 4.26. The van der Waals surface area contributed by atoms with Gasteiger partial charge in [0.05, 0.1) is 6.04 Å². The molecule has 1 saturated heterocycles. The molecular weight excluding hydrogens is 390 g/mol. The zero-order chi connectivity index (χ0) is 21.8. The fourth-order valence-corrected chi connectivity index (χ4v) is 4.26. The van der Waals surface area contributed by atoms with Gasteiger partial charge in [-0.15, -0.1) is 0 Å². The Kier molecular flexibility index (Phi) is 6.37. The molecule has 0 saturated carbocycles. The molecule has 166 valence electrons. The van der Waals surface area contributed by atoms with Gasteiger partial charge in [0.15, 0.2) is 11.5 Å². The quantitative estimate of drug-likeness (QED) is 0.765. The Labute approximate surface area is 185 Å². The summed E-state index contributed by atoms with van der Waals surface area (Å²) in [6.07, 6.45) is 0.517. The fraction of sp³-hybridized carbons (Fsp3) is 0.480. The van der Waals surface area contributed by atoms with Gasteiger partial charge in [-0.3, -0.25) is 9.69 Å². The van der Waals surface area contributed by atoms with Crippen molar-refractivity contribution in [2.45, 2.75) is 33.2 Å². The predicted octanol–water partition coefficient (Wildman–Crippen LogP) is 3.83. The van der Waals surface area contributed by atoms with E-state index in [2.05, 4.69) is 78.4 Å². The first-order chi connectivity index (χ1) is 14.9. The lowest BCUT2D eigenvalue weighted by Gasteiger charge is -2.40. The summed E-state index contributed by atoms with van der Waals surface area (Å²) < 4.78 is 11.1. The van der Waals surface area contributed by atoms with Gasteiger partial charge in [-0.2, -0.15) is 0 Å². The summed E-state index contributed by atoms with van der Waals surface area (Å²) >= 11 is 0. The number of fused-ring (bicyclic) bond motifs is 1. The Balaban J connectivity index is 1.47. The Morgan fingerprint density at radius 3 is 2.42 bits per heavy atom. The minimum absolute atomic E-state index is 0.0281. The topological polar surface area (TPSA) is 54.0 Å². The van der Waals surface area contributed by atoms with E-state index in [1.807, 2.05) is 6.07 Å². The average molecular weight is 424 g/mol. The van der Waals surface area contributed by atoms with Crippen molar-refractivity contribution in [1.29, 1.82) is 0 Å². The number of hydrogen-bond donors (Lipinski definition) is 1. The van der Waals surface area contributed by atoms with Gasteiger partial charge in [0.2, 0.25) is 12.7 Å². The number of carbonyl (C=O) groups is 1. The van der Waals surface area contributed by atoms with Crippen LogP contribution >= 0.6 is 0 Å². The van der Waals surface area contributed by atoms with Crippen molar-refractivity contribution in [2.24, 2.45) is 5.41 Å². The molecule has 1 N–H and O–H groups in total. The molecule has 4 rings (SSSR count). The van der Waals surface area contributed by atoms with Crippen LogP contribution in [0.1, 0.15) is 38.8 Å². The molecule has 0 aliphatic carbocycles. The molecule has 31 heavy (non-hydrogen) atoms. The lowest BCUT2D eigenvalue weighted by Crippen LogP contribution is -2.50. The highest BCUT2D eigenvalue weighted by Gasteiger charge is 2.28. The van der Waals surface area contributed by atoms with Gasteiger partial charge >= 0.3 is 0 Å². The Bertz CT molecular complexity index is 887. The van der Waals surface area contributed by atoms with E-state index in [1.54, 1.807) is 0 Å². The second-order valence-corrected chi connectivity index (χ2v) is 9.53. The molecule has 2 aromatic carbocycles. The first-order valence-electron chi connectivity index (χ1n) is 11.1. The van der Waals surface area contributed by atoms with Crippen molar-refractivity contribution in [3.8, 4) is 11.5 Å². The number of benzene rings is 2. The number of piperazine rings is 1. The van der Waals surface area contributed by atoms with E-state index in [0.29, 0.717) is 13.0 Å². The van der Waals surface area contributed by atoms with Crippen LogP contribution in [0.4, 0.5) is 5.69 Å². The van der Waals surface area contributed by atoms with Gasteiger partial charge in [0.1, 0.15) is 0 Å². The monoisotopic (exact) mass is 423 g/mol. The summed E-state index contributed by atoms with van der Waals surface area (Å²) in [4.78, 5) is 17.4. The smallest absolute Gasteiger partial charge is 0.231 e. The van der Waals surface area contributed by atoms with Gasteiger partial charge in [0, 0.05) is 44.8 Å². The van der Waals surface area contributed by atoms with Crippen LogP contribution < -0.4 is 19.7 Å². The van der Waals surface area contributed by atoms with Crippen LogP contribution in [0, 0.1) is 5.41 Å². The van der Waals surface area contributed by atoms with Crippen molar-refractivity contribution >= 4 is 11.6 Å². The summed E-state index contributed by atoms with van der Waals surface area (Å²) in [6, 6.07) is 16.8. The van der Waals surface area contributed by atoms with Crippen LogP contribution in [0.5, 0.6) is 11.5 Å². The highest BCUT2D eigenvalue weighted by molar-refractivity contribution is 5.76. The molecular formula is C25H33N3O3. The van der Waals surface area contributed by atoms with Gasteiger partial charge in [-0.25, -0.2) is 0 Å². The number of anilines is 1. The minimum atomic E-state index is -0.0281. The predicted molar refractivity (Wildman–Crippen MR) is 123 cm³/mol. The largest absolute Gasteiger partial charge is 0.454 e. The number of nitrogens with zero attached hydrogens (tertiary/aromatic N) is 2. The Morgan fingerprint density at radius 2 is 1.71 bits per heavy atom. The number of rotatable bonds is 6. The van der Waals surface area contributed by atoms with E-state index in [4.69, 9.17) is 9.47 Å². The van der Waals surface area contributed by atoms with Crippen molar-refractivity contribution in [1.82, 2.24) is 10.2 Å². The van der Waals surface area contributed by atoms with Gasteiger partial charge in [0.25, 0.3) is 0 Å². The molecule has 1 amide bonds. The van der Waals surface area contributed by atoms with Gasteiger partial charge < -0.3 is 19.7 Å². The summed E-state index contributed by atoms with van der Waals surface area (Å²) in [5, 5.41) is 3.18. The molecule has 2 aliphatic rings. The highest BCUT2D eigenvalue weighted by Crippen LogP contribution is 2.36. The zero-order valence-electron chi connectivity index (χ0n) is 18.8. The maximum Gasteiger partial charge on any atom is 0.231 e. The number of para-hydroxylation sites is 1. The SMILES string of the molecule is CC(C)(C)CC(=O)NC[C@@H](c1ccc2c(c1)OCO2)N1CCN(c2ccccc2)CC1. The van der Waals surface area contributed by atoms with Gasteiger partial charge in [-0.05, 0) is 35.2 Å². The summed E-state index contributed by atoms with van der Waals surface area (Å²) in [5.41, 5.74) is 2.38. The third-order valence-corrected chi connectivity index (χ3v) is 5.84. The number of carbonyl (C=O) groups excluding carboxylic acids is 1. The average Bonchev–Trinajstić information content (AvgIpc) is 3.22. The maximum atomic E-state index is 12.5. The summed E-state index contributed by atoms with van der Waals surface area (Å²) in [7, 11) is 0. The second-order valence-electron chi connectivity index (χ2n) is 9.53. The van der Waals surface area contributed by atoms with E-state index < -0.39 is 0 Å². The molecule has 0 radical (unpaired) electrons. The lowest BCUT2D eigenvalue weighted by molar-refractivity contribution is -0.123. The highest BCUT2D eigenvalue weighted by atomic mass is 16.7.